The topological polar surface area (TPSA) is 49.4 Å². The Hall–Kier alpha value is -2.11. The van der Waals surface area contributed by atoms with E-state index in [9.17, 15) is 9.59 Å². The van der Waals surface area contributed by atoms with Crippen LogP contribution in [-0.4, -0.2) is 16.8 Å². The molecule has 0 saturated carbocycles. The lowest BCUT2D eigenvalue weighted by Crippen LogP contribution is -2.30. The molecule has 4 nitrogen and oxygen atoms in total. The van der Waals surface area contributed by atoms with E-state index in [0.29, 0.717) is 10.7 Å². The number of benzene rings is 1. The second-order valence-corrected chi connectivity index (χ2v) is 6.71. The van der Waals surface area contributed by atoms with Crippen LogP contribution in [0.3, 0.4) is 0 Å². The van der Waals surface area contributed by atoms with E-state index in [4.69, 9.17) is 11.6 Å². The maximum absolute atomic E-state index is 12.4. The van der Waals surface area contributed by atoms with Gasteiger partial charge in [0, 0.05) is 14.8 Å². The van der Waals surface area contributed by atoms with Crippen LogP contribution in [0.15, 0.2) is 42.1 Å². The fourth-order valence-corrected chi connectivity index (χ4v) is 3.11. The number of halogens is 1. The predicted octanol–water partition coefficient (Wildman–Crippen LogP) is 3.80. The van der Waals surface area contributed by atoms with E-state index in [1.165, 1.54) is 4.90 Å². The van der Waals surface area contributed by atoms with Gasteiger partial charge in [0.25, 0.3) is 5.91 Å². The van der Waals surface area contributed by atoms with Gasteiger partial charge in [-0.1, -0.05) is 23.7 Å². The van der Waals surface area contributed by atoms with E-state index < -0.39 is 6.03 Å². The zero-order valence-corrected chi connectivity index (χ0v) is 13.4. The molecule has 2 aromatic rings. The number of urea groups is 1. The average molecular weight is 333 g/mol. The Bertz CT molecular complexity index is 765. The summed E-state index contributed by atoms with van der Waals surface area (Å²) in [6, 6.07) is 10.6. The molecule has 1 saturated heterocycles. The van der Waals surface area contributed by atoms with E-state index in [0.717, 1.165) is 15.3 Å². The molecule has 0 bridgehead atoms. The van der Waals surface area contributed by atoms with E-state index >= 15 is 0 Å². The molecule has 3 amide bonds. The summed E-state index contributed by atoms with van der Waals surface area (Å²) in [5.74, 6) is -0.314. The van der Waals surface area contributed by atoms with Crippen LogP contribution in [0.4, 0.5) is 4.79 Å². The number of carbonyl (C=O) groups is 2. The molecule has 0 unspecified atom stereocenters. The van der Waals surface area contributed by atoms with Crippen LogP contribution in [0.5, 0.6) is 0 Å². The van der Waals surface area contributed by atoms with Crippen LogP contribution in [0.1, 0.15) is 15.3 Å². The van der Waals surface area contributed by atoms with Crippen molar-refractivity contribution in [3.63, 3.8) is 0 Å². The van der Waals surface area contributed by atoms with Crippen molar-refractivity contribution in [3.05, 3.63) is 62.4 Å². The summed E-state index contributed by atoms with van der Waals surface area (Å²) in [5.41, 5.74) is 1.15. The molecular formula is C16H13ClN2O2S. The standard InChI is InChI=1S/C16H13ClN2O2S/c1-10-2-7-13(22-10)8-14-15(20)19(16(21)18-14)9-11-3-5-12(17)6-4-11/h2-8H,9H2,1H3,(H,18,21)/b14-8+. The Labute approximate surface area is 137 Å². The van der Waals surface area contributed by atoms with Gasteiger partial charge in [-0.05, 0) is 42.8 Å². The molecule has 1 aromatic carbocycles. The number of amides is 3. The second kappa shape index (κ2) is 5.94. The van der Waals surface area contributed by atoms with Crippen LogP contribution in [0.2, 0.25) is 5.02 Å². The minimum Gasteiger partial charge on any atom is -0.303 e. The van der Waals surface area contributed by atoms with Crippen molar-refractivity contribution < 1.29 is 9.59 Å². The number of nitrogens with one attached hydrogen (secondary N) is 1. The number of imide groups is 1. The smallest absolute Gasteiger partial charge is 0.303 e. The van der Waals surface area contributed by atoms with Crippen molar-refractivity contribution in [2.75, 3.05) is 0 Å². The molecule has 1 N–H and O–H groups in total. The lowest BCUT2D eigenvalue weighted by molar-refractivity contribution is -0.123. The Morgan fingerprint density at radius 1 is 1.18 bits per heavy atom. The molecule has 1 aliphatic rings. The van der Waals surface area contributed by atoms with Crippen molar-refractivity contribution in [1.29, 1.82) is 0 Å². The van der Waals surface area contributed by atoms with Crippen LogP contribution in [-0.2, 0) is 11.3 Å². The van der Waals surface area contributed by atoms with Gasteiger partial charge in [-0.2, -0.15) is 0 Å². The minimum atomic E-state index is -0.403. The van der Waals surface area contributed by atoms with Crippen molar-refractivity contribution in [3.8, 4) is 0 Å². The van der Waals surface area contributed by atoms with Crippen LogP contribution in [0.25, 0.3) is 6.08 Å². The first kappa shape index (κ1) is 14.8. The summed E-state index contributed by atoms with van der Waals surface area (Å²) >= 11 is 7.40. The number of rotatable bonds is 3. The van der Waals surface area contributed by atoms with Gasteiger partial charge in [-0.3, -0.25) is 9.69 Å². The van der Waals surface area contributed by atoms with Gasteiger partial charge in [-0.15, -0.1) is 11.3 Å². The normalized spacial score (nSPS) is 16.5. The summed E-state index contributed by atoms with van der Waals surface area (Å²) in [6.45, 7) is 2.22. The largest absolute Gasteiger partial charge is 0.329 e. The molecule has 1 fully saturated rings. The third kappa shape index (κ3) is 3.05. The van der Waals surface area contributed by atoms with Gasteiger partial charge in [0.15, 0.2) is 0 Å². The van der Waals surface area contributed by atoms with E-state index in [2.05, 4.69) is 5.32 Å². The Kier molecular flexibility index (Phi) is 4.00. The zero-order chi connectivity index (χ0) is 15.7. The maximum Gasteiger partial charge on any atom is 0.329 e. The Balaban J connectivity index is 1.79. The average Bonchev–Trinajstić information content (AvgIpc) is 3.00. The van der Waals surface area contributed by atoms with Gasteiger partial charge in [0.2, 0.25) is 0 Å². The molecule has 0 radical (unpaired) electrons. The molecule has 0 aliphatic carbocycles. The fourth-order valence-electron chi connectivity index (χ4n) is 2.16. The van der Waals surface area contributed by atoms with Gasteiger partial charge >= 0.3 is 6.03 Å². The molecule has 112 valence electrons. The number of aryl methyl sites for hydroxylation is 1. The van der Waals surface area contributed by atoms with Gasteiger partial charge in [0.05, 0.1) is 6.54 Å². The van der Waals surface area contributed by atoms with Gasteiger partial charge in [0.1, 0.15) is 5.70 Å². The lowest BCUT2D eigenvalue weighted by Gasteiger charge is -2.11. The summed E-state index contributed by atoms with van der Waals surface area (Å²) in [6.07, 6.45) is 1.71. The summed E-state index contributed by atoms with van der Waals surface area (Å²) in [5, 5.41) is 3.24. The SMILES string of the molecule is Cc1ccc(/C=C2/NC(=O)N(Cc3ccc(Cl)cc3)C2=O)s1. The Morgan fingerprint density at radius 2 is 1.91 bits per heavy atom. The zero-order valence-electron chi connectivity index (χ0n) is 11.8. The number of nitrogens with zero attached hydrogens (tertiary/aromatic N) is 1. The quantitative estimate of drug-likeness (QED) is 0.686. The van der Waals surface area contributed by atoms with Crippen LogP contribution in [0, 0.1) is 6.92 Å². The van der Waals surface area contributed by atoms with Crippen LogP contribution >= 0.6 is 22.9 Å². The van der Waals surface area contributed by atoms with E-state index in [-0.39, 0.29) is 12.5 Å². The molecule has 6 heteroatoms. The molecular weight excluding hydrogens is 320 g/mol. The first-order chi connectivity index (χ1) is 10.5. The van der Waals surface area contributed by atoms with Gasteiger partial charge < -0.3 is 5.32 Å². The van der Waals surface area contributed by atoms with Crippen molar-refractivity contribution in [2.24, 2.45) is 0 Å². The fraction of sp³-hybridized carbons (Fsp3) is 0.125. The first-order valence-corrected chi connectivity index (χ1v) is 7.88. The predicted molar refractivity (Wildman–Crippen MR) is 87.6 cm³/mol. The highest BCUT2D eigenvalue weighted by Crippen LogP contribution is 2.21. The molecule has 22 heavy (non-hydrogen) atoms. The molecule has 1 aromatic heterocycles. The second-order valence-electron chi connectivity index (χ2n) is 4.95. The highest BCUT2D eigenvalue weighted by molar-refractivity contribution is 7.12. The first-order valence-electron chi connectivity index (χ1n) is 6.68. The summed E-state index contributed by atoms with van der Waals surface area (Å²) in [7, 11) is 0. The number of carbonyl (C=O) groups excluding carboxylic acids is 2. The Morgan fingerprint density at radius 3 is 2.55 bits per heavy atom. The van der Waals surface area contributed by atoms with E-state index in [1.54, 1.807) is 41.7 Å². The summed E-state index contributed by atoms with van der Waals surface area (Å²) < 4.78 is 0. The molecule has 0 spiro atoms. The minimum absolute atomic E-state index is 0.225. The van der Waals surface area contributed by atoms with Gasteiger partial charge in [-0.25, -0.2) is 4.79 Å². The molecule has 0 atom stereocenters. The van der Waals surface area contributed by atoms with Crippen molar-refractivity contribution >= 4 is 41.0 Å². The monoisotopic (exact) mass is 332 g/mol. The lowest BCUT2D eigenvalue weighted by atomic mass is 10.2. The van der Waals surface area contributed by atoms with E-state index in [1.807, 2.05) is 19.1 Å². The highest BCUT2D eigenvalue weighted by Gasteiger charge is 2.33. The molecule has 1 aliphatic heterocycles. The molecule has 2 heterocycles. The third-order valence-corrected chi connectivity index (χ3v) is 4.46. The molecule has 3 rings (SSSR count). The van der Waals surface area contributed by atoms with Crippen molar-refractivity contribution in [1.82, 2.24) is 10.2 Å². The van der Waals surface area contributed by atoms with Crippen LogP contribution < -0.4 is 5.32 Å². The van der Waals surface area contributed by atoms with Crippen molar-refractivity contribution in [2.45, 2.75) is 13.5 Å². The number of thiophene rings is 1. The number of hydrogen-bond donors (Lipinski definition) is 1. The maximum atomic E-state index is 12.4. The third-order valence-electron chi connectivity index (χ3n) is 3.26. The highest BCUT2D eigenvalue weighted by atomic mass is 35.5. The summed E-state index contributed by atoms with van der Waals surface area (Å²) in [4.78, 5) is 27.6. The number of hydrogen-bond acceptors (Lipinski definition) is 3.